The van der Waals surface area contributed by atoms with Crippen molar-refractivity contribution < 1.29 is 14.3 Å². The number of amides is 1. The highest BCUT2D eigenvalue weighted by Gasteiger charge is 2.14. The van der Waals surface area contributed by atoms with Crippen LogP contribution in [-0.2, 0) is 6.54 Å². The topological polar surface area (TPSA) is 59.6 Å². The van der Waals surface area contributed by atoms with E-state index in [4.69, 9.17) is 9.47 Å². The van der Waals surface area contributed by atoms with Gasteiger partial charge in [-0.25, -0.2) is 0 Å². The highest BCUT2D eigenvalue weighted by Crippen LogP contribution is 2.32. The fraction of sp³-hybridized carbons (Fsp3) is 0.278. The molecule has 0 radical (unpaired) electrons. The van der Waals surface area contributed by atoms with Crippen molar-refractivity contribution in [3.05, 3.63) is 53.6 Å². The van der Waals surface area contributed by atoms with Crippen molar-refractivity contribution in [1.82, 2.24) is 5.32 Å². The van der Waals surface area contributed by atoms with Crippen molar-refractivity contribution in [2.24, 2.45) is 0 Å². The molecule has 0 spiro atoms. The van der Waals surface area contributed by atoms with Crippen LogP contribution in [0.4, 0.5) is 5.69 Å². The third-order valence-corrected chi connectivity index (χ3v) is 3.63. The highest BCUT2D eigenvalue weighted by molar-refractivity contribution is 5.99. The summed E-state index contributed by atoms with van der Waals surface area (Å²) in [5.74, 6) is 1.37. The van der Waals surface area contributed by atoms with Gasteiger partial charge in [-0.3, -0.25) is 4.79 Å². The molecule has 0 bridgehead atoms. The predicted octanol–water partition coefficient (Wildman–Crippen LogP) is 3.17. The van der Waals surface area contributed by atoms with E-state index in [1.54, 1.807) is 0 Å². The largest absolute Gasteiger partial charge is 0.454 e. The molecule has 0 fully saturated rings. The fourth-order valence-corrected chi connectivity index (χ4v) is 2.42. The number of carbonyl (C=O) groups excluding carboxylic acids is 1. The van der Waals surface area contributed by atoms with Crippen molar-refractivity contribution in [3.8, 4) is 11.5 Å². The molecule has 0 aromatic heterocycles. The molecular weight excluding hydrogens is 292 g/mol. The number of para-hydroxylation sites is 1. The van der Waals surface area contributed by atoms with E-state index in [0.717, 1.165) is 35.7 Å². The van der Waals surface area contributed by atoms with E-state index in [2.05, 4.69) is 17.6 Å². The Balaban J connectivity index is 1.65. The summed E-state index contributed by atoms with van der Waals surface area (Å²) in [7, 11) is 0. The highest BCUT2D eigenvalue weighted by atomic mass is 16.7. The summed E-state index contributed by atoms with van der Waals surface area (Å²) in [4.78, 5) is 12.4. The summed E-state index contributed by atoms with van der Waals surface area (Å²) in [5.41, 5.74) is 2.49. The first-order valence-corrected chi connectivity index (χ1v) is 7.77. The molecule has 5 heteroatoms. The van der Waals surface area contributed by atoms with Crippen molar-refractivity contribution in [2.45, 2.75) is 19.9 Å². The van der Waals surface area contributed by atoms with Gasteiger partial charge in [-0.05, 0) is 36.2 Å². The first-order valence-electron chi connectivity index (χ1n) is 7.77. The Morgan fingerprint density at radius 1 is 1.13 bits per heavy atom. The van der Waals surface area contributed by atoms with Crippen LogP contribution in [0, 0.1) is 0 Å². The van der Waals surface area contributed by atoms with Crippen molar-refractivity contribution in [1.29, 1.82) is 0 Å². The average Bonchev–Trinajstić information content (AvgIpc) is 3.05. The monoisotopic (exact) mass is 312 g/mol. The Morgan fingerprint density at radius 3 is 2.83 bits per heavy atom. The van der Waals surface area contributed by atoms with Crippen LogP contribution in [0.5, 0.6) is 11.5 Å². The number of ether oxygens (including phenoxy) is 2. The number of hydrogen-bond acceptors (Lipinski definition) is 4. The van der Waals surface area contributed by atoms with Gasteiger partial charge in [0.1, 0.15) is 0 Å². The van der Waals surface area contributed by atoms with E-state index in [0.29, 0.717) is 12.1 Å². The number of anilines is 1. The minimum absolute atomic E-state index is 0.0955. The van der Waals surface area contributed by atoms with Gasteiger partial charge in [0, 0.05) is 18.8 Å². The third-order valence-electron chi connectivity index (χ3n) is 3.63. The zero-order valence-corrected chi connectivity index (χ0v) is 13.1. The van der Waals surface area contributed by atoms with Gasteiger partial charge >= 0.3 is 0 Å². The maximum absolute atomic E-state index is 12.4. The number of nitrogens with one attached hydrogen (secondary N) is 2. The first-order chi connectivity index (χ1) is 11.3. The molecule has 2 aromatic rings. The van der Waals surface area contributed by atoms with Gasteiger partial charge in [0.05, 0.1) is 5.56 Å². The minimum atomic E-state index is -0.0955. The van der Waals surface area contributed by atoms with E-state index in [-0.39, 0.29) is 12.7 Å². The lowest BCUT2D eigenvalue weighted by Crippen LogP contribution is -2.24. The Kier molecular flexibility index (Phi) is 4.66. The number of hydrogen-bond donors (Lipinski definition) is 2. The summed E-state index contributed by atoms with van der Waals surface area (Å²) < 4.78 is 10.6. The average molecular weight is 312 g/mol. The van der Waals surface area contributed by atoms with Gasteiger partial charge in [0.15, 0.2) is 11.5 Å². The van der Waals surface area contributed by atoms with Gasteiger partial charge in [-0.2, -0.15) is 0 Å². The second-order valence-corrected chi connectivity index (χ2v) is 5.34. The molecule has 0 saturated heterocycles. The number of carbonyl (C=O) groups is 1. The molecule has 120 valence electrons. The molecule has 1 heterocycles. The zero-order valence-electron chi connectivity index (χ0n) is 13.1. The van der Waals surface area contributed by atoms with Gasteiger partial charge in [-0.1, -0.05) is 25.1 Å². The molecule has 0 atom stereocenters. The molecule has 2 N–H and O–H groups in total. The first kappa shape index (κ1) is 15.2. The van der Waals surface area contributed by atoms with Crippen molar-refractivity contribution in [2.75, 3.05) is 18.7 Å². The minimum Gasteiger partial charge on any atom is -0.454 e. The number of benzene rings is 2. The summed E-state index contributed by atoms with van der Waals surface area (Å²) >= 11 is 0. The van der Waals surface area contributed by atoms with Crippen LogP contribution in [0.2, 0.25) is 0 Å². The fourth-order valence-electron chi connectivity index (χ4n) is 2.42. The smallest absolute Gasteiger partial charge is 0.253 e. The van der Waals surface area contributed by atoms with Crippen LogP contribution in [0.15, 0.2) is 42.5 Å². The maximum atomic E-state index is 12.4. The van der Waals surface area contributed by atoms with Crippen molar-refractivity contribution >= 4 is 11.6 Å². The van der Waals surface area contributed by atoms with Gasteiger partial charge in [0.25, 0.3) is 5.91 Å². The number of fused-ring (bicyclic) bond motifs is 1. The molecule has 0 unspecified atom stereocenters. The molecule has 2 aromatic carbocycles. The Bertz CT molecular complexity index is 700. The van der Waals surface area contributed by atoms with E-state index >= 15 is 0 Å². The van der Waals surface area contributed by atoms with E-state index in [1.807, 2.05) is 42.5 Å². The second-order valence-electron chi connectivity index (χ2n) is 5.34. The Labute approximate surface area is 135 Å². The normalized spacial score (nSPS) is 12.0. The van der Waals surface area contributed by atoms with Gasteiger partial charge < -0.3 is 20.1 Å². The second kappa shape index (κ2) is 7.05. The molecule has 1 amide bonds. The molecule has 0 aliphatic carbocycles. The van der Waals surface area contributed by atoms with E-state index < -0.39 is 0 Å². The van der Waals surface area contributed by atoms with Gasteiger partial charge in [0.2, 0.25) is 6.79 Å². The van der Waals surface area contributed by atoms with Crippen LogP contribution in [0.1, 0.15) is 29.3 Å². The van der Waals surface area contributed by atoms with E-state index in [1.165, 1.54) is 0 Å². The third kappa shape index (κ3) is 3.56. The van der Waals surface area contributed by atoms with Crippen LogP contribution >= 0.6 is 0 Å². The SMILES string of the molecule is CCCNc1ccccc1C(=O)NCc1ccc2c(c1)OCO2. The van der Waals surface area contributed by atoms with Crippen molar-refractivity contribution in [3.63, 3.8) is 0 Å². The van der Waals surface area contributed by atoms with Crippen LogP contribution in [0.25, 0.3) is 0 Å². The lowest BCUT2D eigenvalue weighted by molar-refractivity contribution is 0.0951. The summed E-state index contributed by atoms with van der Waals surface area (Å²) in [6, 6.07) is 13.2. The van der Waals surface area contributed by atoms with Crippen LogP contribution < -0.4 is 20.1 Å². The molecule has 3 rings (SSSR count). The Morgan fingerprint density at radius 2 is 1.96 bits per heavy atom. The standard InChI is InChI=1S/C18H20N2O3/c1-2-9-19-15-6-4-3-5-14(15)18(21)20-11-13-7-8-16-17(10-13)23-12-22-16/h3-8,10,19H,2,9,11-12H2,1H3,(H,20,21). The lowest BCUT2D eigenvalue weighted by Gasteiger charge is -2.12. The maximum Gasteiger partial charge on any atom is 0.253 e. The molecule has 5 nitrogen and oxygen atoms in total. The molecule has 0 saturated carbocycles. The summed E-state index contributed by atoms with van der Waals surface area (Å²) in [6.07, 6.45) is 1.01. The molecule has 1 aliphatic heterocycles. The summed E-state index contributed by atoms with van der Waals surface area (Å²) in [6.45, 7) is 3.63. The quantitative estimate of drug-likeness (QED) is 0.860. The molecule has 23 heavy (non-hydrogen) atoms. The Hall–Kier alpha value is -2.69. The van der Waals surface area contributed by atoms with Gasteiger partial charge in [-0.15, -0.1) is 0 Å². The molecular formula is C18H20N2O3. The lowest BCUT2D eigenvalue weighted by atomic mass is 10.1. The zero-order chi connectivity index (χ0) is 16.1. The molecule has 1 aliphatic rings. The predicted molar refractivity (Wildman–Crippen MR) is 89.0 cm³/mol. The summed E-state index contributed by atoms with van der Waals surface area (Å²) in [5, 5.41) is 6.23. The van der Waals surface area contributed by atoms with E-state index in [9.17, 15) is 4.79 Å². The number of rotatable bonds is 6. The van der Waals surface area contributed by atoms with Crippen LogP contribution in [0.3, 0.4) is 0 Å². The van der Waals surface area contributed by atoms with Crippen LogP contribution in [-0.4, -0.2) is 19.2 Å².